The zero-order chi connectivity index (χ0) is 28.2. The lowest BCUT2D eigenvalue weighted by Crippen LogP contribution is -2.49. The number of aryl methyl sites for hydroxylation is 1. The molecule has 2 aliphatic rings. The van der Waals surface area contributed by atoms with E-state index in [2.05, 4.69) is 20.5 Å². The lowest BCUT2D eigenvalue weighted by molar-refractivity contribution is -0.147. The third kappa shape index (κ3) is 4.57. The molecule has 41 heavy (non-hydrogen) atoms. The normalized spacial score (nSPS) is 20.6. The van der Waals surface area contributed by atoms with Gasteiger partial charge in [-0.25, -0.2) is 13.9 Å². The van der Waals surface area contributed by atoms with Gasteiger partial charge in [-0.1, -0.05) is 6.07 Å². The van der Waals surface area contributed by atoms with E-state index in [1.165, 1.54) is 21.6 Å². The van der Waals surface area contributed by atoms with Gasteiger partial charge in [-0.05, 0) is 24.6 Å². The molecule has 0 radical (unpaired) electrons. The van der Waals surface area contributed by atoms with E-state index < -0.39 is 5.82 Å². The number of nitrogens with zero attached hydrogens (tertiary/aromatic N) is 7. The van der Waals surface area contributed by atoms with Crippen LogP contribution in [0.4, 0.5) is 10.2 Å². The predicted octanol–water partition coefficient (Wildman–Crippen LogP) is 2.50. The molecule has 5 aromatic rings. The summed E-state index contributed by atoms with van der Waals surface area (Å²) < 4.78 is 31.5. The highest BCUT2D eigenvalue weighted by Crippen LogP contribution is 2.47. The quantitative estimate of drug-likeness (QED) is 0.326. The molecule has 1 N–H and O–H groups in total. The number of pyridine rings is 2. The Labute approximate surface area is 233 Å². The Kier molecular flexibility index (Phi) is 5.96. The van der Waals surface area contributed by atoms with Gasteiger partial charge in [-0.3, -0.25) is 14.3 Å². The number of morpholine rings is 1. The van der Waals surface area contributed by atoms with Gasteiger partial charge >= 0.3 is 0 Å². The first-order valence-electron chi connectivity index (χ1n) is 13.3. The van der Waals surface area contributed by atoms with Gasteiger partial charge in [0.25, 0.3) is 0 Å². The van der Waals surface area contributed by atoms with Crippen molar-refractivity contribution in [3.8, 4) is 17.0 Å². The molecule has 0 spiro atoms. The average molecular weight is 559 g/mol. The van der Waals surface area contributed by atoms with Crippen molar-refractivity contribution in [3.63, 3.8) is 0 Å². The highest BCUT2D eigenvalue weighted by molar-refractivity contribution is 5.95. The second-order valence-corrected chi connectivity index (χ2v) is 10.5. The van der Waals surface area contributed by atoms with Crippen molar-refractivity contribution in [2.24, 2.45) is 13.0 Å². The molecule has 3 atom stereocenters. The zero-order valence-electron chi connectivity index (χ0n) is 22.4. The monoisotopic (exact) mass is 558 g/mol. The minimum absolute atomic E-state index is 0.0489. The Morgan fingerprint density at radius 2 is 2.12 bits per heavy atom. The van der Waals surface area contributed by atoms with Crippen LogP contribution in [0.5, 0.6) is 5.75 Å². The molecule has 210 valence electrons. The minimum Gasteiger partial charge on any atom is -0.487 e. The van der Waals surface area contributed by atoms with Crippen LogP contribution in [0.1, 0.15) is 18.0 Å². The van der Waals surface area contributed by atoms with E-state index in [9.17, 15) is 9.59 Å². The molecule has 1 saturated carbocycles. The van der Waals surface area contributed by atoms with Crippen LogP contribution in [0.3, 0.4) is 0 Å². The van der Waals surface area contributed by atoms with Crippen LogP contribution in [0, 0.1) is 11.7 Å². The first-order valence-corrected chi connectivity index (χ1v) is 13.3. The van der Waals surface area contributed by atoms with Crippen molar-refractivity contribution in [1.82, 2.24) is 33.7 Å². The highest BCUT2D eigenvalue weighted by atomic mass is 19.1. The number of nitrogens with one attached hydrogen (secondary N) is 1. The summed E-state index contributed by atoms with van der Waals surface area (Å²) in [6.07, 6.45) is 7.37. The van der Waals surface area contributed by atoms with Crippen molar-refractivity contribution in [2.45, 2.75) is 18.4 Å². The predicted molar refractivity (Wildman–Crippen MR) is 145 cm³/mol. The van der Waals surface area contributed by atoms with E-state index in [-0.39, 0.29) is 48.5 Å². The number of imidazole rings is 1. The maximum atomic E-state index is 15.4. The van der Waals surface area contributed by atoms with Gasteiger partial charge in [0, 0.05) is 50.0 Å². The molecule has 7 rings (SSSR count). The topological polar surface area (TPSA) is 120 Å². The van der Waals surface area contributed by atoms with Gasteiger partial charge in [-0.2, -0.15) is 5.10 Å². The van der Waals surface area contributed by atoms with Crippen LogP contribution in [0.15, 0.2) is 55.1 Å². The number of hydrogen-bond donors (Lipinski definition) is 1. The SMILES string of the molecule is CN1C(=O)COC[C@H]1COc1cnn(C)c1-c1cc2cc(NC(=O)[C@H]3C[C@H]3c3cn4ccccc4n3)nn2cc1F. The number of ether oxygens (including phenoxy) is 2. The summed E-state index contributed by atoms with van der Waals surface area (Å²) >= 11 is 0. The molecule has 2 fully saturated rings. The molecule has 12 nitrogen and oxygen atoms in total. The van der Waals surface area contributed by atoms with Crippen LogP contribution >= 0.6 is 0 Å². The molecule has 13 heteroatoms. The molecule has 0 aromatic carbocycles. The molecule has 1 aliphatic carbocycles. The molecular formula is C28H27FN8O4. The Hall–Kier alpha value is -4.78. The molecule has 1 saturated heterocycles. The van der Waals surface area contributed by atoms with Crippen LogP contribution in [0.2, 0.25) is 0 Å². The lowest BCUT2D eigenvalue weighted by atomic mass is 10.1. The number of carbonyl (C=O) groups is 2. The minimum atomic E-state index is -0.533. The number of fused-ring (bicyclic) bond motifs is 2. The molecule has 1 aliphatic heterocycles. The highest BCUT2D eigenvalue weighted by Gasteiger charge is 2.45. The van der Waals surface area contributed by atoms with E-state index in [1.807, 2.05) is 35.0 Å². The standard InChI is InChI=1S/C28H27FN8O4/c1-34-17(13-40-15-26(34)38)14-41-23-10-30-35(2)27(23)20-7-16-8-24(33-37(16)11-21(20)29)32-28(39)19-9-18(19)22-12-36-6-4-3-5-25(36)31-22/h3-8,10-12,17-19H,9,13-15H2,1-2H3,(H,32,33,39)/t17-,18+,19-/m0/s1. The number of likely N-dealkylation sites (N-methyl/N-ethyl adjacent to an activating group) is 1. The smallest absolute Gasteiger partial charge is 0.248 e. The summed E-state index contributed by atoms with van der Waals surface area (Å²) in [5.74, 6) is -0.236. The van der Waals surface area contributed by atoms with E-state index in [0.717, 1.165) is 11.3 Å². The average Bonchev–Trinajstić information content (AvgIpc) is 3.28. The van der Waals surface area contributed by atoms with Crippen molar-refractivity contribution in [3.05, 3.63) is 66.6 Å². The number of anilines is 1. The van der Waals surface area contributed by atoms with Crippen molar-refractivity contribution < 1.29 is 23.5 Å². The maximum Gasteiger partial charge on any atom is 0.248 e. The first kappa shape index (κ1) is 25.2. The second kappa shape index (κ2) is 9.70. The molecule has 2 amide bonds. The number of halogens is 1. The fourth-order valence-corrected chi connectivity index (χ4v) is 5.30. The van der Waals surface area contributed by atoms with Crippen LogP contribution in [0.25, 0.3) is 22.4 Å². The summed E-state index contributed by atoms with van der Waals surface area (Å²) in [7, 11) is 3.40. The van der Waals surface area contributed by atoms with Gasteiger partial charge < -0.3 is 24.1 Å². The van der Waals surface area contributed by atoms with Crippen molar-refractivity contribution >= 4 is 28.8 Å². The number of rotatable bonds is 7. The van der Waals surface area contributed by atoms with E-state index in [0.29, 0.717) is 35.8 Å². The Balaban J connectivity index is 1.08. The van der Waals surface area contributed by atoms with Crippen LogP contribution in [-0.4, -0.2) is 78.4 Å². The summed E-state index contributed by atoms with van der Waals surface area (Å²) in [4.78, 5) is 31.1. The Morgan fingerprint density at radius 3 is 2.98 bits per heavy atom. The summed E-state index contributed by atoms with van der Waals surface area (Å²) in [5.41, 5.74) is 3.03. The summed E-state index contributed by atoms with van der Waals surface area (Å²) in [6, 6.07) is 8.86. The molecule has 6 heterocycles. The maximum absolute atomic E-state index is 15.4. The fraction of sp³-hybridized carbons (Fsp3) is 0.321. The number of hydrogen-bond acceptors (Lipinski definition) is 7. The van der Waals surface area contributed by atoms with Gasteiger partial charge in [0.2, 0.25) is 11.8 Å². The Bertz CT molecular complexity index is 1780. The van der Waals surface area contributed by atoms with Gasteiger partial charge in [0.05, 0.1) is 36.3 Å². The van der Waals surface area contributed by atoms with E-state index in [1.54, 1.807) is 31.1 Å². The third-order valence-corrected chi connectivity index (χ3v) is 7.76. The molecular weight excluding hydrogens is 531 g/mol. The second-order valence-electron chi connectivity index (χ2n) is 10.5. The number of amides is 2. The van der Waals surface area contributed by atoms with E-state index >= 15 is 4.39 Å². The molecule has 0 bridgehead atoms. The molecule has 0 unspecified atom stereocenters. The summed E-state index contributed by atoms with van der Waals surface area (Å²) in [5, 5.41) is 11.5. The largest absolute Gasteiger partial charge is 0.487 e. The lowest BCUT2D eigenvalue weighted by Gasteiger charge is -2.32. The van der Waals surface area contributed by atoms with Crippen LogP contribution < -0.4 is 10.1 Å². The van der Waals surface area contributed by atoms with Crippen LogP contribution in [-0.2, 0) is 21.4 Å². The number of carbonyl (C=O) groups excluding carboxylic acids is 2. The van der Waals surface area contributed by atoms with Gasteiger partial charge in [0.15, 0.2) is 17.4 Å². The van der Waals surface area contributed by atoms with Gasteiger partial charge in [-0.15, -0.1) is 5.10 Å². The first-order chi connectivity index (χ1) is 19.9. The van der Waals surface area contributed by atoms with Crippen molar-refractivity contribution in [1.29, 1.82) is 0 Å². The Morgan fingerprint density at radius 1 is 1.24 bits per heavy atom. The number of aromatic nitrogens is 6. The van der Waals surface area contributed by atoms with E-state index in [4.69, 9.17) is 9.47 Å². The molecule has 5 aromatic heterocycles. The van der Waals surface area contributed by atoms with Gasteiger partial charge in [0.1, 0.15) is 24.6 Å². The third-order valence-electron chi connectivity index (χ3n) is 7.76. The van der Waals surface area contributed by atoms with Crippen molar-refractivity contribution in [2.75, 3.05) is 32.2 Å². The summed E-state index contributed by atoms with van der Waals surface area (Å²) in [6.45, 7) is 0.571. The fourth-order valence-electron chi connectivity index (χ4n) is 5.30. The zero-order valence-corrected chi connectivity index (χ0v) is 22.4.